The quantitative estimate of drug-likeness (QED) is 0.439. The number of carbonyl (C=O) groups excluding carboxylic acids is 3. The summed E-state index contributed by atoms with van der Waals surface area (Å²) < 4.78 is 16.2. The summed E-state index contributed by atoms with van der Waals surface area (Å²) in [6.45, 7) is 2.75. The maximum Gasteiger partial charge on any atom is 0.269 e. The van der Waals surface area contributed by atoms with Crippen LogP contribution in [-0.4, -0.2) is 38.9 Å². The lowest BCUT2D eigenvalue weighted by atomic mass is 9.99. The third-order valence-corrected chi connectivity index (χ3v) is 4.69. The number of benzene rings is 2. The summed E-state index contributed by atoms with van der Waals surface area (Å²) in [6, 6.07) is 9.89. The highest BCUT2D eigenvalue weighted by atomic mass is 16.5. The Morgan fingerprint density at radius 3 is 1.97 bits per heavy atom. The van der Waals surface area contributed by atoms with E-state index in [1.807, 2.05) is 0 Å². The number of hydrogen-bond donors (Lipinski definition) is 0. The summed E-state index contributed by atoms with van der Waals surface area (Å²) in [6.07, 6.45) is 0. The lowest BCUT2D eigenvalue weighted by molar-refractivity contribution is -0.122. The third-order valence-electron chi connectivity index (χ3n) is 4.69. The summed E-state index contributed by atoms with van der Waals surface area (Å²) in [5, 5.41) is 0. The number of methoxy groups -OCH3 is 3. The Labute approximate surface area is 168 Å². The number of ketones is 1. The Kier molecular flexibility index (Phi) is 5.41. The van der Waals surface area contributed by atoms with E-state index in [4.69, 9.17) is 14.2 Å². The number of hydrogen-bond acceptors (Lipinski definition) is 6. The molecule has 2 amide bonds. The van der Waals surface area contributed by atoms with Crippen molar-refractivity contribution in [3.05, 3.63) is 53.1 Å². The van der Waals surface area contributed by atoms with Crippen LogP contribution in [0.1, 0.15) is 35.3 Å². The lowest BCUT2D eigenvalue weighted by Gasteiger charge is -2.14. The first-order chi connectivity index (χ1) is 13.8. The lowest BCUT2D eigenvalue weighted by Crippen LogP contribution is -2.31. The Hall–Kier alpha value is -3.61. The van der Waals surface area contributed by atoms with Gasteiger partial charge in [0, 0.05) is 29.7 Å². The van der Waals surface area contributed by atoms with Crippen LogP contribution in [0.2, 0.25) is 0 Å². The molecule has 1 aliphatic heterocycles. The van der Waals surface area contributed by atoms with Crippen molar-refractivity contribution in [2.45, 2.75) is 13.8 Å². The number of nitrogens with zero attached hydrogens (tertiary/aromatic N) is 1. The molecule has 0 aromatic heterocycles. The maximum atomic E-state index is 13.2. The van der Waals surface area contributed by atoms with Crippen LogP contribution >= 0.6 is 0 Å². The average Bonchev–Trinajstić information content (AvgIpc) is 2.99. The molecular weight excluding hydrogens is 374 g/mol. The molecule has 7 nitrogen and oxygen atoms in total. The Bertz CT molecular complexity index is 1030. The number of Topliss-reactive ketones (excluding diaryl/α,β-unsaturated/α-hetero) is 1. The van der Waals surface area contributed by atoms with E-state index in [-0.39, 0.29) is 17.1 Å². The standard InChI is InChI=1S/C22H21NO6/c1-12(24)14-6-7-19-18(10-14)20(22(26)23(19)13(2)25)21(29-5)15-8-16(27-3)11-17(9-15)28-4/h6-11H,1-5H3/b21-20-. The average molecular weight is 395 g/mol. The number of anilines is 1. The van der Waals surface area contributed by atoms with Gasteiger partial charge in [-0.2, -0.15) is 0 Å². The molecule has 7 heteroatoms. The van der Waals surface area contributed by atoms with Gasteiger partial charge in [-0.05, 0) is 37.3 Å². The molecule has 1 heterocycles. The molecule has 0 spiro atoms. The van der Waals surface area contributed by atoms with Crippen molar-refractivity contribution in [2.75, 3.05) is 26.2 Å². The summed E-state index contributed by atoms with van der Waals surface area (Å²) >= 11 is 0. The first kappa shape index (κ1) is 20.1. The van der Waals surface area contributed by atoms with Gasteiger partial charge in [-0.1, -0.05) is 0 Å². The molecule has 3 rings (SSSR count). The van der Waals surface area contributed by atoms with Crippen LogP contribution in [0.5, 0.6) is 11.5 Å². The van der Waals surface area contributed by atoms with Crippen molar-refractivity contribution >= 4 is 34.6 Å². The van der Waals surface area contributed by atoms with Crippen molar-refractivity contribution in [1.29, 1.82) is 0 Å². The van der Waals surface area contributed by atoms with E-state index in [1.54, 1.807) is 36.4 Å². The molecule has 1 aliphatic rings. The molecule has 0 fully saturated rings. The van der Waals surface area contributed by atoms with Crippen LogP contribution in [0, 0.1) is 0 Å². The fraction of sp³-hybridized carbons (Fsp3) is 0.227. The zero-order chi connectivity index (χ0) is 21.3. The van der Waals surface area contributed by atoms with Crippen LogP contribution < -0.4 is 14.4 Å². The van der Waals surface area contributed by atoms with E-state index < -0.39 is 11.8 Å². The van der Waals surface area contributed by atoms with E-state index in [0.717, 1.165) is 4.90 Å². The highest BCUT2D eigenvalue weighted by Crippen LogP contribution is 2.42. The first-order valence-electron chi connectivity index (χ1n) is 8.84. The van der Waals surface area contributed by atoms with Gasteiger partial charge in [-0.15, -0.1) is 0 Å². The first-order valence-corrected chi connectivity index (χ1v) is 8.84. The Morgan fingerprint density at radius 1 is 0.862 bits per heavy atom. The molecule has 0 bridgehead atoms. The molecule has 2 aromatic rings. The predicted octanol–water partition coefficient (Wildman–Crippen LogP) is 3.31. The number of amides is 2. The number of imide groups is 1. The largest absolute Gasteiger partial charge is 0.497 e. The van der Waals surface area contributed by atoms with E-state index in [9.17, 15) is 14.4 Å². The fourth-order valence-electron chi connectivity index (χ4n) is 3.32. The molecule has 150 valence electrons. The zero-order valence-corrected chi connectivity index (χ0v) is 16.9. The van der Waals surface area contributed by atoms with Gasteiger partial charge in [-0.25, -0.2) is 4.90 Å². The number of carbonyl (C=O) groups is 3. The third kappa shape index (κ3) is 3.47. The molecule has 0 N–H and O–H groups in total. The van der Waals surface area contributed by atoms with E-state index >= 15 is 0 Å². The maximum absolute atomic E-state index is 13.2. The second kappa shape index (κ2) is 7.79. The van der Waals surface area contributed by atoms with Crippen molar-refractivity contribution in [2.24, 2.45) is 0 Å². The molecule has 0 saturated carbocycles. The second-order valence-corrected chi connectivity index (χ2v) is 6.46. The normalized spacial score (nSPS) is 14.4. The van der Waals surface area contributed by atoms with Crippen molar-refractivity contribution in [3.8, 4) is 11.5 Å². The van der Waals surface area contributed by atoms with E-state index in [1.165, 1.54) is 35.2 Å². The van der Waals surface area contributed by atoms with E-state index in [0.29, 0.717) is 33.9 Å². The van der Waals surface area contributed by atoms with Gasteiger partial charge in [0.05, 0.1) is 32.6 Å². The van der Waals surface area contributed by atoms with Crippen molar-refractivity contribution in [3.63, 3.8) is 0 Å². The summed E-state index contributed by atoms with van der Waals surface area (Å²) in [4.78, 5) is 38.3. The van der Waals surface area contributed by atoms with Crippen LogP contribution in [0.25, 0.3) is 11.3 Å². The second-order valence-electron chi connectivity index (χ2n) is 6.46. The highest BCUT2D eigenvalue weighted by molar-refractivity contribution is 6.43. The summed E-state index contributed by atoms with van der Waals surface area (Å²) in [5.41, 5.74) is 2.02. The highest BCUT2D eigenvalue weighted by Gasteiger charge is 2.38. The molecule has 0 saturated heterocycles. The van der Waals surface area contributed by atoms with Crippen LogP contribution in [0.3, 0.4) is 0 Å². The summed E-state index contributed by atoms with van der Waals surface area (Å²) in [5.74, 6) is 0.176. The van der Waals surface area contributed by atoms with Gasteiger partial charge in [-0.3, -0.25) is 14.4 Å². The predicted molar refractivity (Wildman–Crippen MR) is 108 cm³/mol. The van der Waals surface area contributed by atoms with Crippen molar-refractivity contribution in [1.82, 2.24) is 0 Å². The van der Waals surface area contributed by atoms with Gasteiger partial charge in [0.15, 0.2) is 5.78 Å². The minimum absolute atomic E-state index is 0.150. The van der Waals surface area contributed by atoms with Gasteiger partial charge < -0.3 is 14.2 Å². The topological polar surface area (TPSA) is 82.1 Å². The minimum atomic E-state index is -0.521. The molecular formula is C22H21NO6. The molecule has 0 atom stereocenters. The molecule has 0 aliphatic carbocycles. The monoisotopic (exact) mass is 395 g/mol. The van der Waals surface area contributed by atoms with Crippen molar-refractivity contribution < 1.29 is 28.6 Å². The van der Waals surface area contributed by atoms with Crippen LogP contribution in [-0.2, 0) is 14.3 Å². The molecule has 29 heavy (non-hydrogen) atoms. The van der Waals surface area contributed by atoms with Crippen LogP contribution in [0.15, 0.2) is 36.4 Å². The smallest absolute Gasteiger partial charge is 0.269 e. The fourth-order valence-corrected chi connectivity index (χ4v) is 3.32. The van der Waals surface area contributed by atoms with E-state index in [2.05, 4.69) is 0 Å². The minimum Gasteiger partial charge on any atom is -0.497 e. The SMILES string of the molecule is CO/C(=C1\C(=O)N(C(C)=O)c2ccc(C(C)=O)cc21)c1cc(OC)cc(OC)c1. The molecule has 2 aromatic carbocycles. The van der Waals surface area contributed by atoms with Gasteiger partial charge in [0.2, 0.25) is 5.91 Å². The number of fused-ring (bicyclic) bond motifs is 1. The van der Waals surface area contributed by atoms with Crippen LogP contribution in [0.4, 0.5) is 5.69 Å². The summed E-state index contributed by atoms with van der Waals surface area (Å²) in [7, 11) is 4.47. The van der Waals surface area contributed by atoms with Gasteiger partial charge in [0.25, 0.3) is 5.91 Å². The molecule has 0 unspecified atom stereocenters. The molecule has 0 radical (unpaired) electrons. The van der Waals surface area contributed by atoms with Gasteiger partial charge in [0.1, 0.15) is 17.3 Å². The zero-order valence-electron chi connectivity index (χ0n) is 16.9. The Balaban J connectivity index is 2.34. The Morgan fingerprint density at radius 2 is 1.48 bits per heavy atom. The van der Waals surface area contributed by atoms with Gasteiger partial charge >= 0.3 is 0 Å². The number of ether oxygens (including phenoxy) is 3. The number of rotatable bonds is 5.